The lowest BCUT2D eigenvalue weighted by atomic mass is 10.2. The van der Waals surface area contributed by atoms with Gasteiger partial charge in [0.2, 0.25) is 5.91 Å². The lowest BCUT2D eigenvalue weighted by molar-refractivity contribution is -0.122. The molecular formula is C13H23N3O2S. The summed E-state index contributed by atoms with van der Waals surface area (Å²) in [5.41, 5.74) is 5.78. The molecule has 19 heavy (non-hydrogen) atoms. The first-order valence-corrected chi connectivity index (χ1v) is 7.16. The molecule has 6 heteroatoms. The van der Waals surface area contributed by atoms with E-state index in [0.717, 1.165) is 0 Å². The smallest absolute Gasteiger partial charge is 0.237 e. The molecule has 0 spiro atoms. The van der Waals surface area contributed by atoms with Crippen molar-refractivity contribution < 1.29 is 9.53 Å². The van der Waals surface area contributed by atoms with Gasteiger partial charge in [0.15, 0.2) is 0 Å². The number of nitrogens with zero attached hydrogens (tertiary/aromatic N) is 1. The minimum absolute atomic E-state index is 0.125. The number of carbonyl (C=O) groups excluding carboxylic acids is 1. The summed E-state index contributed by atoms with van der Waals surface area (Å²) in [5.74, 6) is -0.125. The third-order valence-electron chi connectivity index (χ3n) is 2.93. The molecule has 0 saturated heterocycles. The van der Waals surface area contributed by atoms with Gasteiger partial charge in [0, 0.05) is 25.1 Å². The topological polar surface area (TPSA) is 67.6 Å². The van der Waals surface area contributed by atoms with E-state index in [-0.39, 0.29) is 11.9 Å². The van der Waals surface area contributed by atoms with Gasteiger partial charge in [-0.05, 0) is 32.0 Å². The van der Waals surface area contributed by atoms with Crippen LogP contribution in [-0.4, -0.2) is 51.2 Å². The summed E-state index contributed by atoms with van der Waals surface area (Å²) in [6, 6.07) is 3.76. The number of likely N-dealkylation sites (N-methyl/N-ethyl adjacent to an activating group) is 1. The fourth-order valence-corrected chi connectivity index (χ4v) is 2.65. The van der Waals surface area contributed by atoms with E-state index in [1.165, 1.54) is 4.88 Å². The number of thiophene rings is 1. The Morgan fingerprint density at radius 2 is 2.32 bits per heavy atom. The zero-order valence-corrected chi connectivity index (χ0v) is 12.6. The zero-order chi connectivity index (χ0) is 14.3. The third kappa shape index (κ3) is 5.28. The van der Waals surface area contributed by atoms with Gasteiger partial charge in [-0.25, -0.2) is 0 Å². The average Bonchev–Trinajstić information content (AvgIpc) is 2.89. The van der Waals surface area contributed by atoms with Crippen LogP contribution in [0.3, 0.4) is 0 Å². The molecule has 0 bridgehead atoms. The number of hydrogen-bond donors (Lipinski definition) is 2. The van der Waals surface area contributed by atoms with Crippen molar-refractivity contribution in [2.45, 2.75) is 18.5 Å². The average molecular weight is 285 g/mol. The molecule has 2 unspecified atom stereocenters. The van der Waals surface area contributed by atoms with E-state index in [1.807, 2.05) is 25.5 Å². The maximum Gasteiger partial charge on any atom is 0.237 e. The van der Waals surface area contributed by atoms with E-state index in [9.17, 15) is 4.79 Å². The number of methoxy groups -OCH3 is 1. The second-order valence-corrected chi connectivity index (χ2v) is 5.61. The molecular weight excluding hydrogens is 262 g/mol. The second kappa shape index (κ2) is 8.27. The first-order valence-electron chi connectivity index (χ1n) is 6.28. The highest BCUT2D eigenvalue weighted by Gasteiger charge is 2.18. The van der Waals surface area contributed by atoms with Gasteiger partial charge in [-0.3, -0.25) is 4.79 Å². The fraction of sp³-hybridized carbons (Fsp3) is 0.615. The van der Waals surface area contributed by atoms with Crippen LogP contribution in [0.5, 0.6) is 0 Å². The van der Waals surface area contributed by atoms with Crippen LogP contribution in [0.2, 0.25) is 0 Å². The zero-order valence-electron chi connectivity index (χ0n) is 11.8. The van der Waals surface area contributed by atoms with Crippen LogP contribution in [0.4, 0.5) is 0 Å². The summed E-state index contributed by atoms with van der Waals surface area (Å²) >= 11 is 1.69. The van der Waals surface area contributed by atoms with Crippen molar-refractivity contribution >= 4 is 17.2 Å². The monoisotopic (exact) mass is 285 g/mol. The van der Waals surface area contributed by atoms with E-state index in [0.29, 0.717) is 19.6 Å². The van der Waals surface area contributed by atoms with E-state index in [1.54, 1.807) is 18.4 Å². The molecule has 108 valence electrons. The summed E-state index contributed by atoms with van der Waals surface area (Å²) in [4.78, 5) is 15.2. The molecule has 0 aliphatic rings. The first kappa shape index (κ1) is 16.1. The summed E-state index contributed by atoms with van der Waals surface area (Å²) in [5, 5.41) is 4.95. The Morgan fingerprint density at radius 3 is 2.84 bits per heavy atom. The van der Waals surface area contributed by atoms with E-state index in [2.05, 4.69) is 16.3 Å². The number of nitrogens with two attached hydrogens (primary N) is 1. The molecule has 3 N–H and O–H groups in total. The number of amides is 1. The van der Waals surface area contributed by atoms with Crippen molar-refractivity contribution in [3.05, 3.63) is 22.4 Å². The van der Waals surface area contributed by atoms with Crippen LogP contribution in [0.15, 0.2) is 17.5 Å². The Kier molecular flexibility index (Phi) is 7.01. The highest BCUT2D eigenvalue weighted by atomic mass is 32.1. The fourth-order valence-electron chi connectivity index (χ4n) is 1.72. The molecule has 5 nitrogen and oxygen atoms in total. The minimum atomic E-state index is -0.508. The summed E-state index contributed by atoms with van der Waals surface area (Å²) < 4.78 is 4.92. The van der Waals surface area contributed by atoms with Crippen LogP contribution in [-0.2, 0) is 9.53 Å². The van der Waals surface area contributed by atoms with Gasteiger partial charge in [0.1, 0.15) is 0 Å². The van der Waals surface area contributed by atoms with Gasteiger partial charge in [0.05, 0.1) is 12.1 Å². The molecule has 1 rings (SSSR count). The predicted molar refractivity (Wildman–Crippen MR) is 78.2 cm³/mol. The van der Waals surface area contributed by atoms with Crippen LogP contribution < -0.4 is 11.1 Å². The Morgan fingerprint density at radius 1 is 1.58 bits per heavy atom. The lowest BCUT2D eigenvalue weighted by Gasteiger charge is -2.24. The maximum atomic E-state index is 11.8. The summed E-state index contributed by atoms with van der Waals surface area (Å²) in [6.45, 7) is 1.06. The number of hydrogen-bond acceptors (Lipinski definition) is 5. The van der Waals surface area contributed by atoms with Crippen molar-refractivity contribution in [2.24, 2.45) is 5.73 Å². The normalized spacial score (nSPS) is 14.4. The Labute approximate surface area is 118 Å². The molecule has 1 aromatic rings. The number of rotatable bonds is 8. The van der Waals surface area contributed by atoms with Gasteiger partial charge >= 0.3 is 0 Å². The molecule has 1 heterocycles. The summed E-state index contributed by atoms with van der Waals surface area (Å²) in [7, 11) is 5.60. The van der Waals surface area contributed by atoms with Gasteiger partial charge in [0.25, 0.3) is 0 Å². The van der Waals surface area contributed by atoms with Crippen LogP contribution in [0.25, 0.3) is 0 Å². The predicted octanol–water partition coefficient (Wildman–Crippen LogP) is 0.831. The van der Waals surface area contributed by atoms with Crippen molar-refractivity contribution in [2.75, 3.05) is 34.4 Å². The van der Waals surface area contributed by atoms with Crippen molar-refractivity contribution in [3.8, 4) is 0 Å². The van der Waals surface area contributed by atoms with Crippen molar-refractivity contribution in [1.29, 1.82) is 0 Å². The lowest BCUT2D eigenvalue weighted by Crippen LogP contribution is -2.44. The van der Waals surface area contributed by atoms with E-state index in [4.69, 9.17) is 10.5 Å². The summed E-state index contributed by atoms with van der Waals surface area (Å²) in [6.07, 6.45) is 0.536. The van der Waals surface area contributed by atoms with E-state index < -0.39 is 6.04 Å². The number of ether oxygens (including phenoxy) is 1. The molecule has 0 fully saturated rings. The molecule has 0 aromatic carbocycles. The van der Waals surface area contributed by atoms with Gasteiger partial charge < -0.3 is 20.7 Å². The Balaban J connectivity index is 2.46. The molecule has 1 aromatic heterocycles. The van der Waals surface area contributed by atoms with Crippen LogP contribution in [0.1, 0.15) is 17.3 Å². The van der Waals surface area contributed by atoms with Crippen molar-refractivity contribution in [3.63, 3.8) is 0 Å². The SMILES string of the molecule is COCCC(N)C(=O)NCC(c1cccs1)N(C)C. The number of nitrogens with one attached hydrogen (secondary N) is 1. The van der Waals surface area contributed by atoms with Crippen LogP contribution >= 0.6 is 11.3 Å². The quantitative estimate of drug-likeness (QED) is 0.742. The number of carbonyl (C=O) groups is 1. The van der Waals surface area contributed by atoms with Gasteiger partial charge in [-0.2, -0.15) is 0 Å². The Hall–Kier alpha value is -0.950. The largest absolute Gasteiger partial charge is 0.385 e. The van der Waals surface area contributed by atoms with Crippen molar-refractivity contribution in [1.82, 2.24) is 10.2 Å². The molecule has 1 amide bonds. The van der Waals surface area contributed by atoms with Gasteiger partial charge in [-0.1, -0.05) is 6.07 Å². The molecule has 2 atom stereocenters. The minimum Gasteiger partial charge on any atom is -0.385 e. The van der Waals surface area contributed by atoms with Gasteiger partial charge in [-0.15, -0.1) is 11.3 Å². The van der Waals surface area contributed by atoms with Crippen LogP contribution in [0, 0.1) is 0 Å². The second-order valence-electron chi connectivity index (χ2n) is 4.63. The third-order valence-corrected chi connectivity index (χ3v) is 3.91. The molecule has 0 saturated carbocycles. The standard InChI is InChI=1S/C13H23N3O2S/c1-16(2)11(12-5-4-8-19-12)9-15-13(17)10(14)6-7-18-3/h4-5,8,10-11H,6-7,9,14H2,1-3H3,(H,15,17). The van der Waals surface area contributed by atoms with E-state index >= 15 is 0 Å². The highest BCUT2D eigenvalue weighted by molar-refractivity contribution is 7.10. The molecule has 0 aliphatic heterocycles. The highest BCUT2D eigenvalue weighted by Crippen LogP contribution is 2.22. The Bertz CT molecular complexity index is 368. The molecule has 0 aliphatic carbocycles. The molecule has 0 radical (unpaired) electrons. The first-order chi connectivity index (χ1) is 9.06. The maximum absolute atomic E-state index is 11.8.